The second-order valence-corrected chi connectivity index (χ2v) is 4.47. The summed E-state index contributed by atoms with van der Waals surface area (Å²) in [5.74, 6) is 0.696. The first-order chi connectivity index (χ1) is 7.50. The Labute approximate surface area is 95.7 Å². The zero-order valence-electron chi connectivity index (χ0n) is 9.47. The van der Waals surface area contributed by atoms with E-state index in [1.165, 1.54) is 0 Å². The van der Waals surface area contributed by atoms with Gasteiger partial charge in [0.2, 0.25) is 0 Å². The molecule has 1 saturated heterocycles. The molecule has 0 bridgehead atoms. The summed E-state index contributed by atoms with van der Waals surface area (Å²) < 4.78 is 0. The van der Waals surface area contributed by atoms with Gasteiger partial charge in [0.05, 0.1) is 6.04 Å². The van der Waals surface area contributed by atoms with Gasteiger partial charge >= 0.3 is 0 Å². The minimum Gasteiger partial charge on any atom is -0.370 e. The van der Waals surface area contributed by atoms with Gasteiger partial charge in [0.25, 0.3) is 0 Å². The van der Waals surface area contributed by atoms with Crippen LogP contribution in [0.25, 0.3) is 0 Å². The van der Waals surface area contributed by atoms with Gasteiger partial charge in [-0.1, -0.05) is 0 Å². The van der Waals surface area contributed by atoms with Crippen LogP contribution in [-0.2, 0) is 0 Å². The first kappa shape index (κ1) is 13.2. The van der Waals surface area contributed by atoms with Crippen LogP contribution in [0.5, 0.6) is 0 Å². The van der Waals surface area contributed by atoms with E-state index in [9.17, 15) is 0 Å². The molecular weight excluding hydrogens is 208 g/mol. The summed E-state index contributed by atoms with van der Waals surface area (Å²) in [6, 6.07) is -0.550. The molecule has 0 radical (unpaired) electrons. The highest BCUT2D eigenvalue weighted by Gasteiger charge is 2.21. The number of hydrogen-bond acceptors (Lipinski definition) is 4. The molecule has 6 heteroatoms. The van der Waals surface area contributed by atoms with Crippen molar-refractivity contribution in [2.45, 2.75) is 38.0 Å². The van der Waals surface area contributed by atoms with Crippen LogP contribution in [0, 0.1) is 11.3 Å². The molecule has 16 heavy (non-hydrogen) atoms. The normalized spacial score (nSPS) is 20.1. The third-order valence-electron chi connectivity index (χ3n) is 3.25. The van der Waals surface area contributed by atoms with Crippen molar-refractivity contribution < 1.29 is 10.2 Å². The molecule has 0 aromatic heterocycles. The number of piperidine rings is 1. The maximum atomic E-state index is 8.84. The molecule has 0 aliphatic carbocycles. The van der Waals surface area contributed by atoms with E-state index in [2.05, 4.69) is 0 Å². The number of aliphatic hydroxyl groups excluding tert-OH is 1. The quantitative estimate of drug-likeness (QED) is 0.241. The standard InChI is InChI=1S/C10H22N4O2/c11-8(9(15)16)2-1-7-3-5-14(6-4-7)10(12)13/h7-9,15-16H,1-6,11H2,(H3,12,13)/t8-/m0/s1. The molecule has 1 aliphatic heterocycles. The molecular formula is C10H22N4O2. The van der Waals surface area contributed by atoms with Crippen molar-refractivity contribution in [3.05, 3.63) is 0 Å². The molecule has 0 amide bonds. The van der Waals surface area contributed by atoms with Crippen molar-refractivity contribution in [1.29, 1.82) is 5.41 Å². The number of nitrogens with one attached hydrogen (secondary N) is 1. The molecule has 0 aromatic carbocycles. The van der Waals surface area contributed by atoms with Crippen LogP contribution < -0.4 is 11.5 Å². The maximum Gasteiger partial charge on any atom is 0.188 e. The molecule has 1 heterocycles. The van der Waals surface area contributed by atoms with E-state index in [0.29, 0.717) is 12.3 Å². The fourth-order valence-electron chi connectivity index (χ4n) is 2.04. The number of guanidine groups is 1. The average Bonchev–Trinajstić information content (AvgIpc) is 2.26. The van der Waals surface area contributed by atoms with Crippen LogP contribution in [0.3, 0.4) is 0 Å². The van der Waals surface area contributed by atoms with E-state index in [4.69, 9.17) is 27.1 Å². The van der Waals surface area contributed by atoms with Gasteiger partial charge < -0.3 is 26.6 Å². The number of likely N-dealkylation sites (tertiary alicyclic amines) is 1. The van der Waals surface area contributed by atoms with Gasteiger partial charge in [-0.05, 0) is 31.6 Å². The minimum atomic E-state index is -1.42. The third kappa shape index (κ3) is 3.96. The molecule has 94 valence electrons. The summed E-state index contributed by atoms with van der Waals surface area (Å²) in [5.41, 5.74) is 10.9. The third-order valence-corrected chi connectivity index (χ3v) is 3.25. The Balaban J connectivity index is 2.20. The van der Waals surface area contributed by atoms with Crippen molar-refractivity contribution in [2.75, 3.05) is 13.1 Å². The Morgan fingerprint density at radius 3 is 2.38 bits per heavy atom. The predicted molar refractivity (Wildman–Crippen MR) is 61.6 cm³/mol. The predicted octanol–water partition coefficient (Wildman–Crippen LogP) is -0.990. The summed E-state index contributed by atoms with van der Waals surface area (Å²) in [7, 11) is 0. The van der Waals surface area contributed by atoms with E-state index < -0.39 is 12.3 Å². The summed E-state index contributed by atoms with van der Waals surface area (Å²) in [5, 5.41) is 25.0. The van der Waals surface area contributed by atoms with Gasteiger partial charge in [0.1, 0.15) is 0 Å². The summed E-state index contributed by atoms with van der Waals surface area (Å²) in [6.45, 7) is 1.63. The van der Waals surface area contributed by atoms with Crippen LogP contribution >= 0.6 is 0 Å². The lowest BCUT2D eigenvalue weighted by Gasteiger charge is -2.32. The second-order valence-electron chi connectivity index (χ2n) is 4.47. The number of nitrogens with zero attached hydrogens (tertiary/aromatic N) is 1. The summed E-state index contributed by atoms with van der Waals surface area (Å²) >= 11 is 0. The number of rotatable bonds is 4. The molecule has 0 unspecified atom stereocenters. The van der Waals surface area contributed by atoms with Crippen LogP contribution in [0.2, 0.25) is 0 Å². The molecule has 0 aromatic rings. The second kappa shape index (κ2) is 6.03. The van der Waals surface area contributed by atoms with E-state index in [-0.39, 0.29) is 5.96 Å². The Morgan fingerprint density at radius 1 is 1.38 bits per heavy atom. The number of hydrogen-bond donors (Lipinski definition) is 5. The first-order valence-corrected chi connectivity index (χ1v) is 5.71. The van der Waals surface area contributed by atoms with Crippen molar-refractivity contribution >= 4 is 5.96 Å². The van der Waals surface area contributed by atoms with Gasteiger partial charge in [0, 0.05) is 13.1 Å². The van der Waals surface area contributed by atoms with Crippen molar-refractivity contribution in [1.82, 2.24) is 4.90 Å². The smallest absolute Gasteiger partial charge is 0.188 e. The van der Waals surface area contributed by atoms with E-state index in [1.807, 2.05) is 4.90 Å². The molecule has 1 fully saturated rings. The zero-order chi connectivity index (χ0) is 12.1. The first-order valence-electron chi connectivity index (χ1n) is 5.71. The van der Waals surface area contributed by atoms with Crippen LogP contribution in [0.1, 0.15) is 25.7 Å². The fraction of sp³-hybridized carbons (Fsp3) is 0.900. The molecule has 1 rings (SSSR count). The highest BCUT2D eigenvalue weighted by atomic mass is 16.5. The highest BCUT2D eigenvalue weighted by Crippen LogP contribution is 2.22. The van der Waals surface area contributed by atoms with Gasteiger partial charge in [-0.3, -0.25) is 5.41 Å². The summed E-state index contributed by atoms with van der Waals surface area (Å²) in [6.07, 6.45) is 2.10. The Bertz CT molecular complexity index is 227. The van der Waals surface area contributed by atoms with Gasteiger partial charge in [-0.25, -0.2) is 0 Å². The van der Waals surface area contributed by atoms with Crippen LogP contribution in [0.15, 0.2) is 0 Å². The molecule has 0 spiro atoms. The Hall–Kier alpha value is -0.850. The van der Waals surface area contributed by atoms with Gasteiger partial charge in [0.15, 0.2) is 12.2 Å². The van der Waals surface area contributed by atoms with Gasteiger partial charge in [-0.15, -0.1) is 0 Å². The van der Waals surface area contributed by atoms with Crippen molar-refractivity contribution in [3.63, 3.8) is 0 Å². The Kier molecular flexibility index (Phi) is 4.98. The van der Waals surface area contributed by atoms with E-state index >= 15 is 0 Å². The topological polar surface area (TPSA) is 120 Å². The fourth-order valence-corrected chi connectivity index (χ4v) is 2.04. The van der Waals surface area contributed by atoms with Crippen molar-refractivity contribution in [2.24, 2.45) is 17.4 Å². The highest BCUT2D eigenvalue weighted by molar-refractivity contribution is 5.74. The summed E-state index contributed by atoms with van der Waals surface area (Å²) in [4.78, 5) is 1.86. The van der Waals surface area contributed by atoms with Gasteiger partial charge in [-0.2, -0.15) is 0 Å². The lowest BCUT2D eigenvalue weighted by molar-refractivity contribution is -0.0608. The lowest BCUT2D eigenvalue weighted by Crippen LogP contribution is -2.42. The van der Waals surface area contributed by atoms with E-state index in [0.717, 1.165) is 32.4 Å². The van der Waals surface area contributed by atoms with Crippen LogP contribution in [-0.4, -0.2) is 46.5 Å². The largest absolute Gasteiger partial charge is 0.370 e. The zero-order valence-corrected chi connectivity index (χ0v) is 9.47. The number of aliphatic hydroxyl groups is 2. The Morgan fingerprint density at radius 2 is 1.94 bits per heavy atom. The van der Waals surface area contributed by atoms with Crippen molar-refractivity contribution in [3.8, 4) is 0 Å². The molecule has 1 atom stereocenters. The molecule has 7 N–H and O–H groups in total. The minimum absolute atomic E-state index is 0.140. The molecule has 0 saturated carbocycles. The maximum absolute atomic E-state index is 8.84. The monoisotopic (exact) mass is 230 g/mol. The average molecular weight is 230 g/mol. The number of nitrogens with two attached hydrogens (primary N) is 2. The van der Waals surface area contributed by atoms with Crippen LogP contribution in [0.4, 0.5) is 0 Å². The SMILES string of the molecule is N=C(N)N1CCC(CC[C@H](N)C(O)O)CC1. The lowest BCUT2D eigenvalue weighted by atomic mass is 9.91. The molecule has 6 nitrogen and oxygen atoms in total. The van der Waals surface area contributed by atoms with E-state index in [1.54, 1.807) is 0 Å². The molecule has 1 aliphatic rings.